The highest BCUT2D eigenvalue weighted by atomic mass is 19.1. The molecule has 0 saturated heterocycles. The predicted molar refractivity (Wildman–Crippen MR) is 53.1 cm³/mol. The van der Waals surface area contributed by atoms with Crippen molar-refractivity contribution >= 4 is 0 Å². The van der Waals surface area contributed by atoms with E-state index in [2.05, 4.69) is 0 Å². The first-order valence-corrected chi connectivity index (χ1v) is 4.63. The van der Waals surface area contributed by atoms with Crippen molar-refractivity contribution in [3.05, 3.63) is 35.1 Å². The molecule has 0 aliphatic carbocycles. The first-order chi connectivity index (χ1) is 6.11. The fourth-order valence-electron chi connectivity index (χ4n) is 1.38. The van der Waals surface area contributed by atoms with E-state index < -0.39 is 0 Å². The second kappa shape index (κ2) is 4.38. The molecular weight excluding hydrogens is 165 g/mol. The molecular formula is C11H16FN. The molecule has 0 heterocycles. The Labute approximate surface area is 78.8 Å². The highest BCUT2D eigenvalue weighted by Crippen LogP contribution is 2.10. The lowest BCUT2D eigenvalue weighted by atomic mass is 10.0. The van der Waals surface area contributed by atoms with Crippen LogP contribution < -0.4 is 5.73 Å². The van der Waals surface area contributed by atoms with Crippen molar-refractivity contribution in [3.8, 4) is 0 Å². The molecule has 0 spiro atoms. The van der Waals surface area contributed by atoms with E-state index in [-0.39, 0.29) is 11.9 Å². The third kappa shape index (κ3) is 3.15. The Morgan fingerprint density at radius 1 is 1.38 bits per heavy atom. The van der Waals surface area contributed by atoms with E-state index in [0.29, 0.717) is 0 Å². The van der Waals surface area contributed by atoms with Gasteiger partial charge in [0.05, 0.1) is 0 Å². The second-order valence-electron chi connectivity index (χ2n) is 3.51. The number of rotatable bonds is 3. The number of hydrogen-bond acceptors (Lipinski definition) is 1. The van der Waals surface area contributed by atoms with Crippen LogP contribution in [-0.4, -0.2) is 6.04 Å². The van der Waals surface area contributed by atoms with Crippen LogP contribution in [0, 0.1) is 12.7 Å². The molecule has 0 amide bonds. The van der Waals surface area contributed by atoms with Gasteiger partial charge in [0.1, 0.15) is 5.82 Å². The van der Waals surface area contributed by atoms with Crippen molar-refractivity contribution in [1.29, 1.82) is 0 Å². The van der Waals surface area contributed by atoms with E-state index in [1.165, 1.54) is 6.07 Å². The molecule has 0 fully saturated rings. The van der Waals surface area contributed by atoms with Gasteiger partial charge in [-0.15, -0.1) is 0 Å². The maximum absolute atomic E-state index is 12.9. The van der Waals surface area contributed by atoms with Gasteiger partial charge in [0.25, 0.3) is 0 Å². The maximum atomic E-state index is 12.9. The molecule has 0 radical (unpaired) electrons. The Balaban J connectivity index is 2.77. The Morgan fingerprint density at radius 3 is 2.62 bits per heavy atom. The summed E-state index contributed by atoms with van der Waals surface area (Å²) in [4.78, 5) is 0. The molecule has 1 rings (SSSR count). The summed E-state index contributed by atoms with van der Waals surface area (Å²) in [7, 11) is 0. The molecule has 1 aromatic rings. The summed E-state index contributed by atoms with van der Waals surface area (Å²) >= 11 is 0. The van der Waals surface area contributed by atoms with Crippen LogP contribution in [0.3, 0.4) is 0 Å². The smallest absolute Gasteiger partial charge is 0.123 e. The molecule has 1 nitrogen and oxygen atoms in total. The third-order valence-corrected chi connectivity index (χ3v) is 2.12. The van der Waals surface area contributed by atoms with Gasteiger partial charge in [-0.05, 0) is 43.0 Å². The summed E-state index contributed by atoms with van der Waals surface area (Å²) in [6, 6.07) is 5.21. The van der Waals surface area contributed by atoms with E-state index in [4.69, 9.17) is 5.73 Å². The van der Waals surface area contributed by atoms with Crippen molar-refractivity contribution in [2.45, 2.75) is 32.7 Å². The number of nitrogens with two attached hydrogens (primary N) is 1. The molecule has 0 aromatic heterocycles. The quantitative estimate of drug-likeness (QED) is 0.761. The average molecular weight is 181 g/mol. The summed E-state index contributed by atoms with van der Waals surface area (Å²) in [5.74, 6) is -0.168. The van der Waals surface area contributed by atoms with Crippen molar-refractivity contribution < 1.29 is 4.39 Å². The molecule has 0 saturated carbocycles. The molecule has 0 bridgehead atoms. The number of halogens is 1. The lowest BCUT2D eigenvalue weighted by Crippen LogP contribution is -2.21. The van der Waals surface area contributed by atoms with Gasteiger partial charge in [0.2, 0.25) is 0 Å². The lowest BCUT2D eigenvalue weighted by Gasteiger charge is -2.09. The minimum Gasteiger partial charge on any atom is -0.327 e. The normalized spacial score (nSPS) is 12.9. The van der Waals surface area contributed by atoms with Gasteiger partial charge in [0, 0.05) is 6.04 Å². The van der Waals surface area contributed by atoms with Gasteiger partial charge in [-0.25, -0.2) is 4.39 Å². The van der Waals surface area contributed by atoms with Gasteiger partial charge in [-0.1, -0.05) is 13.0 Å². The van der Waals surface area contributed by atoms with Crippen molar-refractivity contribution in [3.63, 3.8) is 0 Å². The van der Waals surface area contributed by atoms with Crippen LogP contribution in [-0.2, 0) is 6.42 Å². The zero-order chi connectivity index (χ0) is 9.84. The van der Waals surface area contributed by atoms with Gasteiger partial charge in [-0.2, -0.15) is 0 Å². The molecule has 13 heavy (non-hydrogen) atoms. The Bertz CT molecular complexity index is 263. The van der Waals surface area contributed by atoms with Crippen LogP contribution in [0.5, 0.6) is 0 Å². The molecule has 0 aliphatic rings. The topological polar surface area (TPSA) is 26.0 Å². The standard InChI is InChI=1S/C11H16FN/c1-3-11(13)7-9-4-8(2)5-10(12)6-9/h4-6,11H,3,7,13H2,1-2H3. The van der Waals surface area contributed by atoms with Crippen molar-refractivity contribution in [2.75, 3.05) is 0 Å². The third-order valence-electron chi connectivity index (χ3n) is 2.12. The summed E-state index contributed by atoms with van der Waals surface area (Å²) in [6.45, 7) is 3.93. The number of hydrogen-bond donors (Lipinski definition) is 1. The van der Waals surface area contributed by atoms with Crippen LogP contribution >= 0.6 is 0 Å². The van der Waals surface area contributed by atoms with E-state index in [1.807, 2.05) is 19.9 Å². The molecule has 1 aromatic carbocycles. The van der Waals surface area contributed by atoms with E-state index in [0.717, 1.165) is 24.0 Å². The first-order valence-electron chi connectivity index (χ1n) is 4.63. The van der Waals surface area contributed by atoms with Crippen LogP contribution in [0.25, 0.3) is 0 Å². The summed E-state index contributed by atoms with van der Waals surface area (Å²) in [5.41, 5.74) is 7.73. The van der Waals surface area contributed by atoms with Crippen LogP contribution in [0.4, 0.5) is 4.39 Å². The molecule has 1 atom stereocenters. The fraction of sp³-hybridized carbons (Fsp3) is 0.455. The Morgan fingerprint density at radius 2 is 2.08 bits per heavy atom. The molecule has 1 unspecified atom stereocenters. The molecule has 72 valence electrons. The summed E-state index contributed by atoms with van der Waals surface area (Å²) < 4.78 is 12.9. The van der Waals surface area contributed by atoms with Crippen LogP contribution in [0.1, 0.15) is 24.5 Å². The Hall–Kier alpha value is -0.890. The van der Waals surface area contributed by atoms with E-state index >= 15 is 0 Å². The lowest BCUT2D eigenvalue weighted by molar-refractivity contribution is 0.613. The summed E-state index contributed by atoms with van der Waals surface area (Å²) in [6.07, 6.45) is 1.69. The minimum atomic E-state index is -0.168. The van der Waals surface area contributed by atoms with E-state index in [9.17, 15) is 4.39 Å². The van der Waals surface area contributed by atoms with Crippen LogP contribution in [0.15, 0.2) is 18.2 Å². The van der Waals surface area contributed by atoms with Gasteiger partial charge < -0.3 is 5.73 Å². The SMILES string of the molecule is CCC(N)Cc1cc(C)cc(F)c1. The first kappa shape index (κ1) is 10.2. The highest BCUT2D eigenvalue weighted by Gasteiger charge is 2.03. The van der Waals surface area contributed by atoms with E-state index in [1.54, 1.807) is 6.07 Å². The summed E-state index contributed by atoms with van der Waals surface area (Å²) in [5, 5.41) is 0. The predicted octanol–water partition coefficient (Wildman–Crippen LogP) is 2.41. The second-order valence-corrected chi connectivity index (χ2v) is 3.51. The maximum Gasteiger partial charge on any atom is 0.123 e. The molecule has 2 heteroatoms. The van der Waals surface area contributed by atoms with Gasteiger partial charge in [-0.3, -0.25) is 0 Å². The number of benzene rings is 1. The average Bonchev–Trinajstić information content (AvgIpc) is 2.02. The fourth-order valence-corrected chi connectivity index (χ4v) is 1.38. The molecule has 0 aliphatic heterocycles. The highest BCUT2D eigenvalue weighted by molar-refractivity contribution is 5.24. The van der Waals surface area contributed by atoms with Crippen molar-refractivity contribution in [2.24, 2.45) is 5.73 Å². The molecule has 2 N–H and O–H groups in total. The van der Waals surface area contributed by atoms with Gasteiger partial charge >= 0.3 is 0 Å². The Kier molecular flexibility index (Phi) is 3.43. The zero-order valence-electron chi connectivity index (χ0n) is 8.18. The minimum absolute atomic E-state index is 0.140. The largest absolute Gasteiger partial charge is 0.327 e. The monoisotopic (exact) mass is 181 g/mol. The van der Waals surface area contributed by atoms with Gasteiger partial charge in [0.15, 0.2) is 0 Å². The van der Waals surface area contributed by atoms with Crippen molar-refractivity contribution in [1.82, 2.24) is 0 Å². The number of aryl methyl sites for hydroxylation is 1. The van der Waals surface area contributed by atoms with Crippen LogP contribution in [0.2, 0.25) is 0 Å². The zero-order valence-corrected chi connectivity index (χ0v) is 8.18.